The molecule has 3 aromatic rings. The highest BCUT2D eigenvalue weighted by Gasteiger charge is 2.22. The Labute approximate surface area is 134 Å². The van der Waals surface area contributed by atoms with E-state index >= 15 is 0 Å². The van der Waals surface area contributed by atoms with Crippen LogP contribution in [0, 0.1) is 6.92 Å². The Hall–Kier alpha value is -2.82. The van der Waals surface area contributed by atoms with Gasteiger partial charge in [0.25, 0.3) is 0 Å². The van der Waals surface area contributed by atoms with Crippen molar-refractivity contribution in [1.82, 2.24) is 4.98 Å². The Kier molecular flexibility index (Phi) is 4.28. The maximum atomic E-state index is 12.2. The molecule has 0 spiro atoms. The third-order valence-corrected chi connectivity index (χ3v) is 3.63. The molecule has 1 aromatic carbocycles. The lowest BCUT2D eigenvalue weighted by molar-refractivity contribution is 0.0491. The molecule has 118 valence electrons. The molecule has 0 aliphatic rings. The van der Waals surface area contributed by atoms with Gasteiger partial charge >= 0.3 is 5.97 Å². The van der Waals surface area contributed by atoms with Crippen LogP contribution in [0.5, 0.6) is 0 Å². The van der Waals surface area contributed by atoms with Crippen molar-refractivity contribution in [2.24, 2.45) is 0 Å². The van der Waals surface area contributed by atoms with Crippen molar-refractivity contribution in [3.8, 4) is 0 Å². The summed E-state index contributed by atoms with van der Waals surface area (Å²) in [5.41, 5.74) is 3.45. The van der Waals surface area contributed by atoms with E-state index < -0.39 is 5.97 Å². The van der Waals surface area contributed by atoms with Crippen LogP contribution in [0.1, 0.15) is 28.6 Å². The third kappa shape index (κ3) is 3.04. The van der Waals surface area contributed by atoms with Gasteiger partial charge in [0.1, 0.15) is 5.58 Å². The van der Waals surface area contributed by atoms with Crippen LogP contribution >= 0.6 is 0 Å². The van der Waals surface area contributed by atoms with Gasteiger partial charge in [0.05, 0.1) is 6.61 Å². The summed E-state index contributed by atoms with van der Waals surface area (Å²) in [5, 5.41) is 4.21. The average molecular weight is 310 g/mol. The van der Waals surface area contributed by atoms with Crippen LogP contribution in [-0.2, 0) is 11.3 Å². The fourth-order valence-electron chi connectivity index (χ4n) is 2.51. The van der Waals surface area contributed by atoms with Crippen molar-refractivity contribution in [3.63, 3.8) is 0 Å². The number of carbonyl (C=O) groups excluding carboxylic acids is 1. The minimum Gasteiger partial charge on any atom is -0.460 e. The molecule has 0 bridgehead atoms. The van der Waals surface area contributed by atoms with E-state index in [9.17, 15) is 4.79 Å². The summed E-state index contributed by atoms with van der Waals surface area (Å²) in [6.07, 6.45) is 3.43. The Morgan fingerprint density at radius 1 is 1.26 bits per heavy atom. The number of hydrogen-bond acceptors (Lipinski definition) is 5. The van der Waals surface area contributed by atoms with Gasteiger partial charge in [-0.2, -0.15) is 0 Å². The number of ether oxygens (including phenoxy) is 1. The summed E-state index contributed by atoms with van der Waals surface area (Å²) in [5.74, 6) is -0.174. The SMILES string of the molecule is CCOC(=O)c1oc2c(C)cccc2c1CNc1ccncc1. The number of esters is 1. The van der Waals surface area contributed by atoms with Gasteiger partial charge in [0.15, 0.2) is 0 Å². The van der Waals surface area contributed by atoms with Crippen molar-refractivity contribution in [2.75, 3.05) is 11.9 Å². The summed E-state index contributed by atoms with van der Waals surface area (Å²) < 4.78 is 10.9. The van der Waals surface area contributed by atoms with Gasteiger partial charge in [0.2, 0.25) is 5.76 Å². The fraction of sp³-hybridized carbons (Fsp3) is 0.222. The smallest absolute Gasteiger partial charge is 0.374 e. The number of benzene rings is 1. The van der Waals surface area contributed by atoms with Crippen molar-refractivity contribution in [2.45, 2.75) is 20.4 Å². The monoisotopic (exact) mass is 310 g/mol. The number of para-hydroxylation sites is 1. The van der Waals surface area contributed by atoms with Gasteiger partial charge in [-0.05, 0) is 31.5 Å². The first kappa shape index (κ1) is 15.1. The van der Waals surface area contributed by atoms with Gasteiger partial charge in [0, 0.05) is 35.6 Å². The molecule has 0 radical (unpaired) electrons. The van der Waals surface area contributed by atoms with Crippen LogP contribution in [0.15, 0.2) is 47.1 Å². The van der Waals surface area contributed by atoms with E-state index in [0.717, 1.165) is 27.8 Å². The molecule has 0 atom stereocenters. The highest BCUT2D eigenvalue weighted by atomic mass is 16.5. The van der Waals surface area contributed by atoms with E-state index in [1.54, 1.807) is 19.3 Å². The van der Waals surface area contributed by atoms with E-state index in [1.807, 2.05) is 37.3 Å². The maximum absolute atomic E-state index is 12.2. The van der Waals surface area contributed by atoms with Gasteiger partial charge in [-0.15, -0.1) is 0 Å². The first-order valence-electron chi connectivity index (χ1n) is 7.52. The molecule has 3 rings (SSSR count). The van der Waals surface area contributed by atoms with Crippen LogP contribution in [0.3, 0.4) is 0 Å². The van der Waals surface area contributed by atoms with Crippen LogP contribution in [-0.4, -0.2) is 17.6 Å². The first-order valence-corrected chi connectivity index (χ1v) is 7.52. The summed E-state index contributed by atoms with van der Waals surface area (Å²) >= 11 is 0. The maximum Gasteiger partial charge on any atom is 0.374 e. The molecule has 0 aliphatic heterocycles. The van der Waals surface area contributed by atoms with Crippen molar-refractivity contribution >= 4 is 22.6 Å². The highest BCUT2D eigenvalue weighted by molar-refractivity contribution is 5.97. The Balaban J connectivity index is 2.00. The number of aryl methyl sites for hydroxylation is 1. The van der Waals surface area contributed by atoms with Gasteiger partial charge in [-0.3, -0.25) is 4.98 Å². The van der Waals surface area contributed by atoms with E-state index in [1.165, 1.54) is 0 Å². The van der Waals surface area contributed by atoms with Crippen molar-refractivity contribution < 1.29 is 13.9 Å². The number of furan rings is 1. The average Bonchev–Trinajstić information content (AvgIpc) is 2.94. The Morgan fingerprint density at radius 2 is 2.04 bits per heavy atom. The molecule has 2 aromatic heterocycles. The lowest BCUT2D eigenvalue weighted by atomic mass is 10.1. The number of carbonyl (C=O) groups is 1. The summed E-state index contributed by atoms with van der Waals surface area (Å²) in [7, 11) is 0. The quantitative estimate of drug-likeness (QED) is 0.723. The van der Waals surface area contributed by atoms with E-state index in [0.29, 0.717) is 13.2 Å². The van der Waals surface area contributed by atoms with E-state index in [4.69, 9.17) is 9.15 Å². The first-order chi connectivity index (χ1) is 11.2. The minimum absolute atomic E-state index is 0.262. The predicted molar refractivity (Wildman–Crippen MR) is 88.5 cm³/mol. The number of pyridine rings is 1. The zero-order chi connectivity index (χ0) is 16.2. The largest absolute Gasteiger partial charge is 0.460 e. The minimum atomic E-state index is -0.436. The molecule has 5 nitrogen and oxygen atoms in total. The second-order valence-corrected chi connectivity index (χ2v) is 5.17. The lowest BCUT2D eigenvalue weighted by Crippen LogP contribution is -2.08. The summed E-state index contributed by atoms with van der Waals surface area (Å²) in [6, 6.07) is 9.62. The topological polar surface area (TPSA) is 64.4 Å². The number of nitrogens with zero attached hydrogens (tertiary/aromatic N) is 1. The highest BCUT2D eigenvalue weighted by Crippen LogP contribution is 2.29. The van der Waals surface area contributed by atoms with E-state index in [-0.39, 0.29) is 5.76 Å². The molecular formula is C18H18N2O3. The number of anilines is 1. The van der Waals surface area contributed by atoms with Crippen molar-refractivity contribution in [3.05, 3.63) is 59.6 Å². The van der Waals surface area contributed by atoms with E-state index in [2.05, 4.69) is 10.3 Å². The fourth-order valence-corrected chi connectivity index (χ4v) is 2.51. The zero-order valence-electron chi connectivity index (χ0n) is 13.1. The lowest BCUT2D eigenvalue weighted by Gasteiger charge is -2.06. The number of nitrogens with one attached hydrogen (secondary N) is 1. The number of rotatable bonds is 5. The van der Waals surface area contributed by atoms with Crippen LogP contribution < -0.4 is 5.32 Å². The van der Waals surface area contributed by atoms with Crippen LogP contribution in [0.4, 0.5) is 5.69 Å². The van der Waals surface area contributed by atoms with Gasteiger partial charge in [-0.1, -0.05) is 18.2 Å². The molecule has 5 heteroatoms. The Bertz CT molecular complexity index is 825. The molecule has 1 N–H and O–H groups in total. The Morgan fingerprint density at radius 3 is 2.78 bits per heavy atom. The van der Waals surface area contributed by atoms with Crippen LogP contribution in [0.25, 0.3) is 11.0 Å². The number of fused-ring (bicyclic) bond motifs is 1. The standard InChI is InChI=1S/C18H18N2O3/c1-3-22-18(21)17-15(11-20-13-7-9-19-10-8-13)14-6-4-5-12(2)16(14)23-17/h4-10H,3,11H2,1-2H3,(H,19,20). The molecule has 0 unspecified atom stereocenters. The van der Waals surface area contributed by atoms with Crippen LogP contribution in [0.2, 0.25) is 0 Å². The zero-order valence-corrected chi connectivity index (χ0v) is 13.1. The van der Waals surface area contributed by atoms with Gasteiger partial charge in [-0.25, -0.2) is 4.79 Å². The summed E-state index contributed by atoms with van der Waals surface area (Å²) in [4.78, 5) is 16.2. The molecular weight excluding hydrogens is 292 g/mol. The molecule has 23 heavy (non-hydrogen) atoms. The second-order valence-electron chi connectivity index (χ2n) is 5.17. The molecule has 0 saturated heterocycles. The molecule has 0 amide bonds. The van der Waals surface area contributed by atoms with Crippen molar-refractivity contribution in [1.29, 1.82) is 0 Å². The van der Waals surface area contributed by atoms with Gasteiger partial charge < -0.3 is 14.5 Å². The second kappa shape index (κ2) is 6.52. The predicted octanol–water partition coefficient (Wildman–Crippen LogP) is 3.93. The summed E-state index contributed by atoms with van der Waals surface area (Å²) in [6.45, 7) is 4.52. The molecule has 0 aliphatic carbocycles. The third-order valence-electron chi connectivity index (χ3n) is 3.63. The number of aromatic nitrogens is 1. The molecule has 0 saturated carbocycles. The number of hydrogen-bond donors (Lipinski definition) is 1. The normalized spacial score (nSPS) is 10.7. The molecule has 2 heterocycles. The molecule has 0 fully saturated rings.